The highest BCUT2D eigenvalue weighted by Gasteiger charge is 2.30. The third kappa shape index (κ3) is 2.93. The first-order valence-electron chi connectivity index (χ1n) is 5.09. The molecule has 2 N–H and O–H groups in total. The highest BCUT2D eigenvalue weighted by molar-refractivity contribution is 4.82. The van der Waals surface area contributed by atoms with Crippen LogP contribution in [0.3, 0.4) is 0 Å². The van der Waals surface area contributed by atoms with Crippen LogP contribution in [-0.2, 0) is 0 Å². The van der Waals surface area contributed by atoms with E-state index >= 15 is 0 Å². The Bertz CT molecular complexity index is 149. The van der Waals surface area contributed by atoms with Gasteiger partial charge in [-0.1, -0.05) is 13.8 Å². The molecule has 0 aromatic rings. The van der Waals surface area contributed by atoms with E-state index in [1.807, 2.05) is 0 Å². The zero-order valence-corrected chi connectivity index (χ0v) is 8.77. The van der Waals surface area contributed by atoms with E-state index < -0.39 is 0 Å². The molecule has 1 aliphatic heterocycles. The largest absolute Gasteiger partial charge is 0.392 e. The van der Waals surface area contributed by atoms with Gasteiger partial charge in [0.05, 0.1) is 12.2 Å². The molecule has 1 saturated heterocycles. The molecule has 1 heterocycles. The highest BCUT2D eigenvalue weighted by Crippen LogP contribution is 2.21. The van der Waals surface area contributed by atoms with Crippen molar-refractivity contribution in [2.45, 2.75) is 33.0 Å². The molecule has 1 fully saturated rings. The average molecular weight is 187 g/mol. The summed E-state index contributed by atoms with van der Waals surface area (Å²) in [5.41, 5.74) is 0. The summed E-state index contributed by atoms with van der Waals surface area (Å²) in [6, 6.07) is 0. The SMILES string of the molecule is CC1CN(C[C@@H](C)O)CC(C)C1O. The van der Waals surface area contributed by atoms with Gasteiger partial charge in [0.1, 0.15) is 0 Å². The van der Waals surface area contributed by atoms with E-state index in [1.165, 1.54) is 0 Å². The number of piperidine rings is 1. The Morgan fingerprint density at radius 1 is 1.31 bits per heavy atom. The smallest absolute Gasteiger partial charge is 0.0639 e. The number of aliphatic hydroxyl groups is 2. The van der Waals surface area contributed by atoms with Gasteiger partial charge in [0, 0.05) is 19.6 Å². The molecule has 3 heteroatoms. The van der Waals surface area contributed by atoms with Crippen molar-refractivity contribution in [3.8, 4) is 0 Å². The fraction of sp³-hybridized carbons (Fsp3) is 1.00. The van der Waals surface area contributed by atoms with Crippen molar-refractivity contribution in [3.63, 3.8) is 0 Å². The number of hydrogen-bond acceptors (Lipinski definition) is 3. The second-order valence-corrected chi connectivity index (χ2v) is 4.51. The normalized spacial score (nSPS) is 39.0. The molecule has 3 atom stereocenters. The maximum atomic E-state index is 9.71. The van der Waals surface area contributed by atoms with Gasteiger partial charge in [-0.3, -0.25) is 0 Å². The minimum atomic E-state index is -0.269. The second kappa shape index (κ2) is 4.40. The second-order valence-electron chi connectivity index (χ2n) is 4.51. The van der Waals surface area contributed by atoms with Gasteiger partial charge in [-0.2, -0.15) is 0 Å². The molecule has 1 rings (SSSR count). The number of rotatable bonds is 2. The van der Waals surface area contributed by atoms with E-state index in [2.05, 4.69) is 18.7 Å². The van der Waals surface area contributed by atoms with Crippen LogP contribution < -0.4 is 0 Å². The summed E-state index contributed by atoms with van der Waals surface area (Å²) in [5.74, 6) is 0.644. The Morgan fingerprint density at radius 3 is 2.15 bits per heavy atom. The molecule has 0 aromatic heterocycles. The van der Waals surface area contributed by atoms with Crippen LogP contribution in [0.25, 0.3) is 0 Å². The van der Waals surface area contributed by atoms with Crippen LogP contribution in [0.2, 0.25) is 0 Å². The van der Waals surface area contributed by atoms with Crippen LogP contribution in [-0.4, -0.2) is 47.0 Å². The van der Waals surface area contributed by atoms with Crippen molar-refractivity contribution in [1.29, 1.82) is 0 Å². The van der Waals surface area contributed by atoms with Crippen LogP contribution >= 0.6 is 0 Å². The quantitative estimate of drug-likeness (QED) is 0.654. The van der Waals surface area contributed by atoms with Crippen molar-refractivity contribution in [2.24, 2.45) is 11.8 Å². The van der Waals surface area contributed by atoms with Gasteiger partial charge < -0.3 is 15.1 Å². The maximum absolute atomic E-state index is 9.71. The van der Waals surface area contributed by atoms with E-state index in [0.29, 0.717) is 11.8 Å². The fourth-order valence-corrected chi connectivity index (χ4v) is 2.19. The van der Waals surface area contributed by atoms with Gasteiger partial charge in [0.2, 0.25) is 0 Å². The van der Waals surface area contributed by atoms with Gasteiger partial charge >= 0.3 is 0 Å². The standard InChI is InChI=1S/C10H21NO2/c1-7-4-11(6-9(3)12)5-8(2)10(7)13/h7-10,12-13H,4-6H2,1-3H3/t7?,8?,9-,10?/m1/s1. The Balaban J connectivity index is 2.44. The van der Waals surface area contributed by atoms with Gasteiger partial charge in [-0.25, -0.2) is 0 Å². The lowest BCUT2D eigenvalue weighted by molar-refractivity contribution is -0.0196. The molecule has 78 valence electrons. The maximum Gasteiger partial charge on any atom is 0.0639 e. The summed E-state index contributed by atoms with van der Waals surface area (Å²) in [5, 5.41) is 18.9. The first-order chi connectivity index (χ1) is 6.00. The molecule has 13 heavy (non-hydrogen) atoms. The van der Waals surface area contributed by atoms with Crippen molar-refractivity contribution in [1.82, 2.24) is 4.90 Å². The molecule has 0 saturated carbocycles. The summed E-state index contributed by atoms with van der Waals surface area (Å²) >= 11 is 0. The van der Waals surface area contributed by atoms with E-state index in [9.17, 15) is 10.2 Å². The molecule has 0 aliphatic carbocycles. The molecular formula is C10H21NO2. The number of likely N-dealkylation sites (tertiary alicyclic amines) is 1. The Hall–Kier alpha value is -0.120. The molecule has 0 aromatic carbocycles. The number of aliphatic hydroxyl groups excluding tert-OH is 2. The summed E-state index contributed by atoms with van der Waals surface area (Å²) in [7, 11) is 0. The number of hydrogen-bond donors (Lipinski definition) is 2. The summed E-state index contributed by atoms with van der Waals surface area (Å²) in [6.45, 7) is 8.46. The molecule has 0 amide bonds. The molecule has 1 aliphatic rings. The van der Waals surface area contributed by atoms with Crippen LogP contribution in [0, 0.1) is 11.8 Å². The van der Waals surface area contributed by atoms with E-state index in [4.69, 9.17) is 0 Å². The third-order valence-electron chi connectivity index (χ3n) is 2.78. The summed E-state index contributed by atoms with van der Waals surface area (Å²) in [6.07, 6.45) is -0.445. The minimum absolute atomic E-state index is 0.176. The Labute approximate surface area is 80.4 Å². The van der Waals surface area contributed by atoms with Gasteiger partial charge in [-0.15, -0.1) is 0 Å². The zero-order chi connectivity index (χ0) is 10.0. The number of β-amino-alcohol motifs (C(OH)–C–C–N with tert-alkyl or cyclic N) is 1. The third-order valence-corrected chi connectivity index (χ3v) is 2.78. The summed E-state index contributed by atoms with van der Waals surface area (Å²) < 4.78 is 0. The Morgan fingerprint density at radius 2 is 1.77 bits per heavy atom. The van der Waals surface area contributed by atoms with Crippen LogP contribution in [0.1, 0.15) is 20.8 Å². The zero-order valence-electron chi connectivity index (χ0n) is 8.77. The molecule has 3 nitrogen and oxygen atoms in total. The van der Waals surface area contributed by atoms with Crippen LogP contribution in [0.4, 0.5) is 0 Å². The monoisotopic (exact) mass is 187 g/mol. The van der Waals surface area contributed by atoms with Crippen molar-refractivity contribution in [2.75, 3.05) is 19.6 Å². The minimum Gasteiger partial charge on any atom is -0.392 e. The van der Waals surface area contributed by atoms with Gasteiger partial charge in [0.25, 0.3) is 0 Å². The van der Waals surface area contributed by atoms with E-state index in [1.54, 1.807) is 6.92 Å². The molecule has 0 bridgehead atoms. The highest BCUT2D eigenvalue weighted by atomic mass is 16.3. The Kier molecular flexibility index (Phi) is 3.71. The molecular weight excluding hydrogens is 166 g/mol. The molecule has 0 spiro atoms. The fourth-order valence-electron chi connectivity index (χ4n) is 2.19. The predicted octanol–water partition coefficient (Wildman–Crippen LogP) is 0.316. The first kappa shape index (κ1) is 11.0. The molecule has 2 unspecified atom stereocenters. The lowest BCUT2D eigenvalue weighted by Crippen LogP contribution is -2.49. The summed E-state index contributed by atoms with van der Waals surface area (Å²) in [4.78, 5) is 2.23. The van der Waals surface area contributed by atoms with Crippen molar-refractivity contribution < 1.29 is 10.2 Å². The number of nitrogens with zero attached hydrogens (tertiary/aromatic N) is 1. The molecule has 0 radical (unpaired) electrons. The lowest BCUT2D eigenvalue weighted by atomic mass is 9.88. The van der Waals surface area contributed by atoms with E-state index in [-0.39, 0.29) is 12.2 Å². The first-order valence-corrected chi connectivity index (χ1v) is 5.09. The van der Waals surface area contributed by atoms with E-state index in [0.717, 1.165) is 19.6 Å². The predicted molar refractivity (Wildman–Crippen MR) is 52.5 cm³/mol. The van der Waals surface area contributed by atoms with Gasteiger partial charge in [0.15, 0.2) is 0 Å². The van der Waals surface area contributed by atoms with Crippen LogP contribution in [0.5, 0.6) is 0 Å². The average Bonchev–Trinajstić information content (AvgIpc) is 1.98. The van der Waals surface area contributed by atoms with Gasteiger partial charge in [-0.05, 0) is 18.8 Å². The van der Waals surface area contributed by atoms with Crippen LogP contribution in [0.15, 0.2) is 0 Å². The topological polar surface area (TPSA) is 43.7 Å². The van der Waals surface area contributed by atoms with Crippen molar-refractivity contribution >= 4 is 0 Å². The lowest BCUT2D eigenvalue weighted by Gasteiger charge is -2.39. The van der Waals surface area contributed by atoms with Crippen molar-refractivity contribution in [3.05, 3.63) is 0 Å².